The summed E-state index contributed by atoms with van der Waals surface area (Å²) >= 11 is 0. The van der Waals surface area contributed by atoms with Crippen LogP contribution >= 0.6 is 0 Å². The second kappa shape index (κ2) is 5.17. The quantitative estimate of drug-likeness (QED) is 0.661. The van der Waals surface area contributed by atoms with E-state index in [2.05, 4.69) is 5.18 Å². The normalized spacial score (nSPS) is 19.0. The summed E-state index contributed by atoms with van der Waals surface area (Å²) in [7, 11) is 0. The molecule has 1 N–H and O–H groups in total. The second-order valence-corrected chi connectivity index (χ2v) is 4.49. The number of rotatable bonds is 4. The minimum atomic E-state index is -0.437. The second-order valence-electron chi connectivity index (χ2n) is 4.49. The summed E-state index contributed by atoms with van der Waals surface area (Å²) in [5.41, 5.74) is 0.668. The molecule has 0 radical (unpaired) electrons. The molecule has 100 valence electrons. The number of benzene rings is 1. The summed E-state index contributed by atoms with van der Waals surface area (Å²) in [6.07, 6.45) is 0.450. The van der Waals surface area contributed by atoms with Crippen molar-refractivity contribution in [3.63, 3.8) is 0 Å². The zero-order valence-corrected chi connectivity index (χ0v) is 10.5. The van der Waals surface area contributed by atoms with Gasteiger partial charge in [0.25, 0.3) is 0 Å². The Kier molecular flexibility index (Phi) is 3.59. The van der Waals surface area contributed by atoms with E-state index in [-0.39, 0.29) is 36.1 Å². The summed E-state index contributed by atoms with van der Waals surface area (Å²) in [6, 6.07) is 4.28. The van der Waals surface area contributed by atoms with Gasteiger partial charge < -0.3 is 5.11 Å². The van der Waals surface area contributed by atoms with Crippen LogP contribution in [0.3, 0.4) is 0 Å². The lowest BCUT2D eigenvalue weighted by Crippen LogP contribution is -2.30. The molecule has 0 aromatic heterocycles. The van der Waals surface area contributed by atoms with Crippen LogP contribution in [-0.4, -0.2) is 28.4 Å². The molecule has 1 unspecified atom stereocenters. The molecule has 6 heteroatoms. The van der Waals surface area contributed by atoms with E-state index in [1.54, 1.807) is 13.0 Å². The van der Waals surface area contributed by atoms with Gasteiger partial charge in [0.2, 0.25) is 11.8 Å². The molecule has 2 rings (SSSR count). The Hall–Kier alpha value is -2.24. The number of aromatic hydroxyl groups is 1. The van der Waals surface area contributed by atoms with Crippen LogP contribution in [0, 0.1) is 10.8 Å². The molecule has 1 aliphatic rings. The number of imide groups is 1. The fourth-order valence-electron chi connectivity index (χ4n) is 2.29. The maximum Gasteiger partial charge on any atom is 0.233 e. The van der Waals surface area contributed by atoms with Crippen molar-refractivity contribution in [2.45, 2.75) is 19.8 Å². The number of nitroso groups, excluding NO2 is 1. The Morgan fingerprint density at radius 3 is 2.68 bits per heavy atom. The van der Waals surface area contributed by atoms with Crippen molar-refractivity contribution in [1.29, 1.82) is 0 Å². The summed E-state index contributed by atoms with van der Waals surface area (Å²) in [6.45, 7) is 2.12. The number of phenolic OH excluding ortho intramolecular Hbond substituents is 1. The van der Waals surface area contributed by atoms with Crippen LogP contribution < -0.4 is 0 Å². The molecule has 2 amide bonds. The third kappa shape index (κ3) is 2.47. The molecule has 1 heterocycles. The zero-order valence-electron chi connectivity index (χ0n) is 10.5. The zero-order chi connectivity index (χ0) is 14.0. The Morgan fingerprint density at radius 1 is 1.42 bits per heavy atom. The molecule has 1 aliphatic heterocycles. The standard InChI is InChI=1S/C13H14N2O4/c1-2-15-12(17)6-9(13(15)18)5-8-3-4-10(14-19)7-11(8)16/h3-4,7,9,16H,2,5-6H2,1H3. The van der Waals surface area contributed by atoms with E-state index in [0.717, 1.165) is 0 Å². The molecule has 6 nitrogen and oxygen atoms in total. The fraction of sp³-hybridized carbons (Fsp3) is 0.385. The lowest BCUT2D eigenvalue weighted by Gasteiger charge is -2.12. The van der Waals surface area contributed by atoms with Gasteiger partial charge in [-0.15, -0.1) is 4.91 Å². The van der Waals surface area contributed by atoms with Gasteiger partial charge in [-0.3, -0.25) is 14.5 Å². The first-order valence-corrected chi connectivity index (χ1v) is 6.06. The van der Waals surface area contributed by atoms with Crippen molar-refractivity contribution in [3.8, 4) is 5.75 Å². The highest BCUT2D eigenvalue weighted by Crippen LogP contribution is 2.29. The number of amides is 2. The van der Waals surface area contributed by atoms with Gasteiger partial charge in [-0.2, -0.15) is 0 Å². The number of likely N-dealkylation sites (tertiary alicyclic amines) is 1. The molecule has 1 fully saturated rings. The van der Waals surface area contributed by atoms with E-state index < -0.39 is 5.92 Å². The van der Waals surface area contributed by atoms with Gasteiger partial charge in [0.1, 0.15) is 11.4 Å². The highest BCUT2D eigenvalue weighted by molar-refractivity contribution is 6.03. The highest BCUT2D eigenvalue weighted by atomic mass is 16.3. The molecular formula is C13H14N2O4. The Morgan fingerprint density at radius 2 is 2.16 bits per heavy atom. The Bertz CT molecular complexity index is 541. The van der Waals surface area contributed by atoms with Crippen molar-refractivity contribution in [2.75, 3.05) is 6.54 Å². The van der Waals surface area contributed by atoms with Crippen LogP contribution in [0.2, 0.25) is 0 Å². The SMILES string of the molecule is CCN1C(=O)CC(Cc2ccc(N=O)cc2O)C1=O. The third-order valence-electron chi connectivity index (χ3n) is 3.29. The van der Waals surface area contributed by atoms with Crippen LogP contribution in [0.25, 0.3) is 0 Å². The number of carbonyl (C=O) groups is 2. The molecule has 0 spiro atoms. The highest BCUT2D eigenvalue weighted by Gasteiger charge is 2.37. The van der Waals surface area contributed by atoms with Crippen LogP contribution in [0.4, 0.5) is 5.69 Å². The van der Waals surface area contributed by atoms with Crippen molar-refractivity contribution in [2.24, 2.45) is 11.1 Å². The molecule has 0 aliphatic carbocycles. The summed E-state index contributed by atoms with van der Waals surface area (Å²) in [4.78, 5) is 35.1. The third-order valence-corrected chi connectivity index (χ3v) is 3.29. The van der Waals surface area contributed by atoms with Gasteiger partial charge in [0.15, 0.2) is 0 Å². The first-order chi connectivity index (χ1) is 9.06. The maximum absolute atomic E-state index is 11.9. The number of hydrogen-bond acceptors (Lipinski definition) is 5. The first-order valence-electron chi connectivity index (χ1n) is 6.06. The van der Waals surface area contributed by atoms with Gasteiger partial charge in [-0.1, -0.05) is 6.07 Å². The van der Waals surface area contributed by atoms with E-state index in [9.17, 15) is 19.6 Å². The summed E-state index contributed by atoms with van der Waals surface area (Å²) in [5, 5.41) is 12.5. The predicted octanol–water partition coefficient (Wildman–Crippen LogP) is 1.73. The van der Waals surface area contributed by atoms with Crippen LogP contribution in [0.15, 0.2) is 23.4 Å². The lowest BCUT2D eigenvalue weighted by atomic mass is 9.97. The van der Waals surface area contributed by atoms with E-state index in [4.69, 9.17) is 0 Å². The van der Waals surface area contributed by atoms with E-state index in [1.807, 2.05) is 0 Å². The number of phenols is 1. The van der Waals surface area contributed by atoms with Gasteiger partial charge in [-0.05, 0) is 30.2 Å². The minimum Gasteiger partial charge on any atom is -0.508 e. The van der Waals surface area contributed by atoms with Crippen molar-refractivity contribution < 1.29 is 14.7 Å². The van der Waals surface area contributed by atoms with Crippen LogP contribution in [-0.2, 0) is 16.0 Å². The average Bonchev–Trinajstić information content (AvgIpc) is 2.66. The van der Waals surface area contributed by atoms with Crippen molar-refractivity contribution >= 4 is 17.5 Å². The smallest absolute Gasteiger partial charge is 0.233 e. The topological polar surface area (TPSA) is 87.0 Å². The van der Waals surface area contributed by atoms with Gasteiger partial charge in [0.05, 0.1) is 5.92 Å². The maximum atomic E-state index is 11.9. The predicted molar refractivity (Wildman–Crippen MR) is 67.8 cm³/mol. The number of nitrogens with zero attached hydrogens (tertiary/aromatic N) is 2. The van der Waals surface area contributed by atoms with Crippen LogP contribution in [0.5, 0.6) is 5.75 Å². The molecule has 1 atom stereocenters. The van der Waals surface area contributed by atoms with Crippen LogP contribution in [0.1, 0.15) is 18.9 Å². The summed E-state index contributed by atoms with van der Waals surface area (Å²) < 4.78 is 0. The molecule has 1 aromatic rings. The van der Waals surface area contributed by atoms with Crippen molar-refractivity contribution in [3.05, 3.63) is 28.7 Å². The number of carbonyl (C=O) groups excluding carboxylic acids is 2. The van der Waals surface area contributed by atoms with Gasteiger partial charge in [0, 0.05) is 19.0 Å². The lowest BCUT2D eigenvalue weighted by molar-refractivity contribution is -0.139. The minimum absolute atomic E-state index is 0.0766. The largest absolute Gasteiger partial charge is 0.508 e. The molecule has 0 saturated carbocycles. The first kappa shape index (κ1) is 13.2. The molecule has 0 bridgehead atoms. The van der Waals surface area contributed by atoms with Gasteiger partial charge in [-0.25, -0.2) is 0 Å². The monoisotopic (exact) mass is 262 g/mol. The Balaban J connectivity index is 2.16. The molecular weight excluding hydrogens is 248 g/mol. The fourth-order valence-corrected chi connectivity index (χ4v) is 2.29. The molecule has 19 heavy (non-hydrogen) atoms. The van der Waals surface area contributed by atoms with E-state index >= 15 is 0 Å². The van der Waals surface area contributed by atoms with E-state index in [0.29, 0.717) is 12.1 Å². The molecule has 1 saturated heterocycles. The molecule has 1 aromatic carbocycles. The summed E-state index contributed by atoms with van der Waals surface area (Å²) in [5.74, 6) is -0.895. The number of hydrogen-bond donors (Lipinski definition) is 1. The van der Waals surface area contributed by atoms with E-state index in [1.165, 1.54) is 17.0 Å². The Labute approximate surface area is 110 Å². The van der Waals surface area contributed by atoms with Gasteiger partial charge >= 0.3 is 0 Å². The average molecular weight is 262 g/mol. The van der Waals surface area contributed by atoms with Crippen molar-refractivity contribution in [1.82, 2.24) is 4.90 Å².